The number of allylic oxidation sites excluding steroid dienone is 2. The van der Waals surface area contributed by atoms with Crippen molar-refractivity contribution in [2.75, 3.05) is 0 Å². The lowest BCUT2D eigenvalue weighted by Crippen LogP contribution is -2.37. The molecule has 0 aromatic heterocycles. The summed E-state index contributed by atoms with van der Waals surface area (Å²) < 4.78 is 11.2. The largest absolute Gasteiger partial charge is 0.508 e. The van der Waals surface area contributed by atoms with Gasteiger partial charge >= 0.3 is 5.97 Å². The minimum absolute atomic E-state index is 0.0373. The van der Waals surface area contributed by atoms with Gasteiger partial charge in [0.25, 0.3) is 0 Å². The molecule has 144 valence electrons. The van der Waals surface area contributed by atoms with E-state index in [9.17, 15) is 20.1 Å². The summed E-state index contributed by atoms with van der Waals surface area (Å²) in [5, 5.41) is 29.6. The molecule has 2 aliphatic rings. The molecule has 2 heterocycles. The number of aliphatic hydroxyl groups is 1. The Labute approximate surface area is 158 Å². The van der Waals surface area contributed by atoms with E-state index in [0.717, 1.165) is 12.8 Å². The molecule has 1 saturated heterocycles. The summed E-state index contributed by atoms with van der Waals surface area (Å²) in [5.41, 5.74) is -0.847. The summed E-state index contributed by atoms with van der Waals surface area (Å²) in [6, 6.07) is 4.01. The van der Waals surface area contributed by atoms with Crippen LogP contribution in [0.5, 0.6) is 11.5 Å². The van der Waals surface area contributed by atoms with Crippen molar-refractivity contribution in [2.24, 2.45) is 0 Å². The number of esters is 1. The number of ether oxygens (including phenoxy) is 2. The Morgan fingerprint density at radius 2 is 2.04 bits per heavy atom. The number of benzene rings is 1. The Hall–Kier alpha value is -2.57. The lowest BCUT2D eigenvalue weighted by molar-refractivity contribution is -0.130. The zero-order valence-electron chi connectivity index (χ0n) is 15.6. The molecule has 27 heavy (non-hydrogen) atoms. The molecule has 2 atom stereocenters. The summed E-state index contributed by atoms with van der Waals surface area (Å²) in [7, 11) is 0. The summed E-state index contributed by atoms with van der Waals surface area (Å²) >= 11 is 0. The van der Waals surface area contributed by atoms with Crippen LogP contribution in [0.15, 0.2) is 48.1 Å². The average Bonchev–Trinajstić information content (AvgIpc) is 3.14. The number of phenolic OH excluding ortho intramolecular Hbond substituents is 2. The first-order chi connectivity index (χ1) is 12.6. The molecule has 0 bridgehead atoms. The van der Waals surface area contributed by atoms with E-state index in [4.69, 9.17) is 9.47 Å². The number of hydrogen-bond donors (Lipinski definition) is 3. The minimum atomic E-state index is -0.903. The molecule has 0 aliphatic carbocycles. The van der Waals surface area contributed by atoms with Crippen LogP contribution in [0.3, 0.4) is 0 Å². The first kappa shape index (κ1) is 19.2. The van der Waals surface area contributed by atoms with E-state index in [0.29, 0.717) is 5.57 Å². The van der Waals surface area contributed by atoms with Crippen LogP contribution >= 0.6 is 0 Å². The van der Waals surface area contributed by atoms with Gasteiger partial charge in [0, 0.05) is 0 Å². The van der Waals surface area contributed by atoms with Crippen LogP contribution in [0.25, 0.3) is 5.76 Å². The van der Waals surface area contributed by atoms with Gasteiger partial charge in [-0.05, 0) is 64.0 Å². The molecule has 3 rings (SSSR count). The highest BCUT2D eigenvalue weighted by Gasteiger charge is 2.40. The molecule has 1 aromatic rings. The molecule has 2 unspecified atom stereocenters. The molecular weight excluding hydrogens is 348 g/mol. The minimum Gasteiger partial charge on any atom is -0.508 e. The number of carbonyl (C=O) groups is 1. The Bertz CT molecular complexity index is 843. The summed E-state index contributed by atoms with van der Waals surface area (Å²) in [4.78, 5) is 12.1. The highest BCUT2D eigenvalue weighted by Crippen LogP contribution is 2.37. The highest BCUT2D eigenvalue weighted by atomic mass is 16.5. The molecule has 0 amide bonds. The highest BCUT2D eigenvalue weighted by molar-refractivity contribution is 6.02. The molecule has 0 saturated carbocycles. The Morgan fingerprint density at radius 1 is 1.30 bits per heavy atom. The van der Waals surface area contributed by atoms with Crippen molar-refractivity contribution in [1.82, 2.24) is 0 Å². The molecule has 0 spiro atoms. The van der Waals surface area contributed by atoms with Gasteiger partial charge < -0.3 is 24.8 Å². The maximum Gasteiger partial charge on any atom is 0.343 e. The Kier molecular flexibility index (Phi) is 4.88. The second-order valence-corrected chi connectivity index (χ2v) is 7.69. The molecule has 6 nitrogen and oxygen atoms in total. The van der Waals surface area contributed by atoms with Crippen LogP contribution in [-0.4, -0.2) is 38.6 Å². The zero-order valence-corrected chi connectivity index (χ0v) is 15.6. The summed E-state index contributed by atoms with van der Waals surface area (Å²) in [6.45, 7) is 5.40. The smallest absolute Gasteiger partial charge is 0.343 e. The van der Waals surface area contributed by atoms with Crippen LogP contribution in [0.4, 0.5) is 0 Å². The monoisotopic (exact) mass is 372 g/mol. The lowest BCUT2D eigenvalue weighted by atomic mass is 9.96. The van der Waals surface area contributed by atoms with Crippen molar-refractivity contribution in [3.05, 3.63) is 53.6 Å². The fourth-order valence-electron chi connectivity index (χ4n) is 3.19. The third-order valence-corrected chi connectivity index (χ3v) is 4.80. The fraction of sp³-hybridized carbons (Fsp3) is 0.381. The van der Waals surface area contributed by atoms with Gasteiger partial charge in [-0.15, -0.1) is 0 Å². The van der Waals surface area contributed by atoms with Crippen LogP contribution in [0.2, 0.25) is 0 Å². The van der Waals surface area contributed by atoms with Crippen LogP contribution in [0.1, 0.15) is 39.2 Å². The van der Waals surface area contributed by atoms with Crippen molar-refractivity contribution in [3.8, 4) is 11.5 Å². The molecule has 2 aliphatic heterocycles. The van der Waals surface area contributed by atoms with Gasteiger partial charge in [-0.3, -0.25) is 0 Å². The van der Waals surface area contributed by atoms with Gasteiger partial charge in [-0.2, -0.15) is 0 Å². The second kappa shape index (κ2) is 6.87. The van der Waals surface area contributed by atoms with E-state index < -0.39 is 17.2 Å². The normalized spacial score (nSPS) is 27.4. The Balaban J connectivity index is 1.76. The van der Waals surface area contributed by atoms with Crippen molar-refractivity contribution < 1.29 is 29.6 Å². The third kappa shape index (κ3) is 4.23. The maximum atomic E-state index is 12.1. The number of phenols is 2. The first-order valence-electron chi connectivity index (χ1n) is 8.83. The van der Waals surface area contributed by atoms with Crippen LogP contribution in [-0.2, 0) is 14.3 Å². The van der Waals surface area contributed by atoms with E-state index >= 15 is 0 Å². The maximum absolute atomic E-state index is 12.1. The van der Waals surface area contributed by atoms with Gasteiger partial charge in [-0.25, -0.2) is 4.79 Å². The third-order valence-electron chi connectivity index (χ3n) is 4.80. The molecule has 1 aromatic carbocycles. The predicted molar refractivity (Wildman–Crippen MR) is 99.9 cm³/mol. The standard InChI is InChI=1S/C21H24O6/c1-20(2,25)18-8-10-21(3,27-18)9-4-5-13-11-17(26-19(13)24)15-12-14(22)6-7-16(15)23/h4-7,9,11-12,18,22-23,25H,8,10H2,1-3H3. The van der Waals surface area contributed by atoms with Crippen molar-refractivity contribution in [1.29, 1.82) is 0 Å². The number of cyclic esters (lactones) is 1. The lowest BCUT2D eigenvalue weighted by Gasteiger charge is -2.28. The zero-order chi connectivity index (χ0) is 19.8. The van der Waals surface area contributed by atoms with E-state index in [1.54, 1.807) is 26.0 Å². The van der Waals surface area contributed by atoms with E-state index in [2.05, 4.69) is 0 Å². The van der Waals surface area contributed by atoms with E-state index in [-0.39, 0.29) is 28.9 Å². The quantitative estimate of drug-likeness (QED) is 0.427. The fourth-order valence-corrected chi connectivity index (χ4v) is 3.19. The SMILES string of the molecule is CC1(C=CC=C2C=C(c3cc(O)ccc3O)OC2=O)CCC(C(C)(C)O)O1. The van der Waals surface area contributed by atoms with Gasteiger partial charge in [0.2, 0.25) is 0 Å². The molecular formula is C21H24O6. The summed E-state index contributed by atoms with van der Waals surface area (Å²) in [5.74, 6) is -0.486. The molecule has 3 N–H and O–H groups in total. The topological polar surface area (TPSA) is 96.2 Å². The number of rotatable bonds is 4. The molecule has 0 radical (unpaired) electrons. The molecule has 6 heteroatoms. The van der Waals surface area contributed by atoms with Gasteiger partial charge in [0.05, 0.1) is 28.4 Å². The predicted octanol–water partition coefficient (Wildman–Crippen LogP) is 3.19. The number of aromatic hydroxyl groups is 2. The Morgan fingerprint density at radius 3 is 2.70 bits per heavy atom. The second-order valence-electron chi connectivity index (χ2n) is 7.69. The summed E-state index contributed by atoms with van der Waals surface area (Å²) in [6.07, 6.45) is 7.99. The van der Waals surface area contributed by atoms with Crippen LogP contribution in [0, 0.1) is 0 Å². The first-order valence-corrected chi connectivity index (χ1v) is 8.83. The van der Waals surface area contributed by atoms with Gasteiger partial charge in [0.1, 0.15) is 17.3 Å². The number of carbonyl (C=O) groups excluding carboxylic acids is 1. The van der Waals surface area contributed by atoms with Crippen molar-refractivity contribution >= 4 is 11.7 Å². The van der Waals surface area contributed by atoms with Crippen LogP contribution < -0.4 is 0 Å². The molecule has 1 fully saturated rings. The van der Waals surface area contributed by atoms with E-state index in [1.165, 1.54) is 24.3 Å². The van der Waals surface area contributed by atoms with E-state index in [1.807, 2.05) is 13.0 Å². The van der Waals surface area contributed by atoms with Crippen molar-refractivity contribution in [3.63, 3.8) is 0 Å². The average molecular weight is 372 g/mol. The van der Waals surface area contributed by atoms with Gasteiger partial charge in [-0.1, -0.05) is 12.2 Å². The van der Waals surface area contributed by atoms with Gasteiger partial charge in [0.15, 0.2) is 0 Å². The van der Waals surface area contributed by atoms with Crippen molar-refractivity contribution in [2.45, 2.75) is 50.9 Å². The number of hydrogen-bond acceptors (Lipinski definition) is 6.